The Kier molecular flexibility index (Phi) is 3.97. The van der Waals surface area contributed by atoms with Crippen molar-refractivity contribution in [2.24, 2.45) is 0 Å². The van der Waals surface area contributed by atoms with Crippen LogP contribution in [-0.2, 0) is 4.79 Å². The zero-order valence-electron chi connectivity index (χ0n) is 7.10. The van der Waals surface area contributed by atoms with Crippen LogP contribution in [0.5, 0.6) is 0 Å². The fraction of sp³-hybridized carbons (Fsp3) is 0.222. The fourth-order valence-electron chi connectivity index (χ4n) is 0.674. The fourth-order valence-corrected chi connectivity index (χ4v) is 0.674. The molecule has 0 spiro atoms. The highest BCUT2D eigenvalue weighted by Gasteiger charge is 2.04. The van der Waals surface area contributed by atoms with Crippen LogP contribution in [0.25, 0.3) is 0 Å². The largest absolute Gasteiger partial charge is 0.512 e. The molecule has 0 aromatic carbocycles. The predicted molar refractivity (Wildman–Crippen MR) is 45.4 cm³/mol. The highest BCUT2D eigenvalue weighted by atomic mass is 19.1. The molecule has 0 bridgehead atoms. The van der Waals surface area contributed by atoms with Gasteiger partial charge in [0.1, 0.15) is 5.83 Å². The number of hydrogen-bond acceptors (Lipinski definition) is 2. The summed E-state index contributed by atoms with van der Waals surface area (Å²) in [7, 11) is 0. The third-order valence-electron chi connectivity index (χ3n) is 1.18. The van der Waals surface area contributed by atoms with E-state index in [2.05, 4.69) is 6.58 Å². The van der Waals surface area contributed by atoms with Gasteiger partial charge in [-0.1, -0.05) is 12.7 Å². The summed E-state index contributed by atoms with van der Waals surface area (Å²) >= 11 is 0. The molecule has 12 heavy (non-hydrogen) atoms. The average Bonchev–Trinajstić information content (AvgIpc) is 1.85. The number of carbonyl (C=O) groups excluding carboxylic acids is 1. The van der Waals surface area contributed by atoms with E-state index in [-0.39, 0.29) is 11.3 Å². The summed E-state index contributed by atoms with van der Waals surface area (Å²) in [5.41, 5.74) is -0.0507. The van der Waals surface area contributed by atoms with Crippen molar-refractivity contribution in [3.63, 3.8) is 0 Å². The van der Waals surface area contributed by atoms with Gasteiger partial charge >= 0.3 is 0 Å². The smallest absolute Gasteiger partial charge is 0.155 e. The second kappa shape index (κ2) is 4.49. The zero-order valence-corrected chi connectivity index (χ0v) is 7.10. The molecule has 0 unspecified atom stereocenters. The van der Waals surface area contributed by atoms with E-state index in [1.807, 2.05) is 0 Å². The quantitative estimate of drug-likeness (QED) is 0.401. The first-order valence-corrected chi connectivity index (χ1v) is 3.39. The molecule has 0 aromatic heterocycles. The Balaban J connectivity index is 4.90. The first-order chi connectivity index (χ1) is 5.49. The number of aliphatic hydroxyl groups excluding tert-OH is 1. The maximum Gasteiger partial charge on any atom is 0.155 e. The molecule has 0 radical (unpaired) electrons. The van der Waals surface area contributed by atoms with Crippen LogP contribution >= 0.6 is 0 Å². The van der Waals surface area contributed by atoms with E-state index in [1.54, 1.807) is 0 Å². The minimum Gasteiger partial charge on any atom is -0.512 e. The Bertz CT molecular complexity index is 258. The molecule has 1 N–H and O–H groups in total. The van der Waals surface area contributed by atoms with Gasteiger partial charge in [-0.05, 0) is 13.8 Å². The van der Waals surface area contributed by atoms with Crippen LogP contribution in [0.15, 0.2) is 35.9 Å². The summed E-state index contributed by atoms with van der Waals surface area (Å²) in [6.07, 6.45) is 1.96. The topological polar surface area (TPSA) is 37.3 Å². The van der Waals surface area contributed by atoms with E-state index in [1.165, 1.54) is 13.8 Å². The Labute approximate surface area is 70.7 Å². The normalized spacial score (nSPS) is 13.8. The molecule has 0 amide bonds. The number of halogens is 1. The maximum atomic E-state index is 12.9. The number of aliphatic hydroxyl groups is 1. The van der Waals surface area contributed by atoms with Gasteiger partial charge in [-0.2, -0.15) is 0 Å². The minimum atomic E-state index is -0.766. The molecule has 0 aliphatic rings. The van der Waals surface area contributed by atoms with Gasteiger partial charge in [-0.15, -0.1) is 0 Å². The average molecular weight is 170 g/mol. The molecule has 3 heteroatoms. The Morgan fingerprint density at radius 3 is 2.25 bits per heavy atom. The first-order valence-electron chi connectivity index (χ1n) is 3.39. The van der Waals surface area contributed by atoms with Crippen molar-refractivity contribution in [2.75, 3.05) is 0 Å². The molecule has 66 valence electrons. The number of ketones is 1. The van der Waals surface area contributed by atoms with E-state index >= 15 is 0 Å². The molecule has 0 fully saturated rings. The standard InChI is InChI=1S/C9H11FO2/c1-4-8(7(3)12)9(10)5-6(2)11/h4-5,12H,1H2,2-3H3. The van der Waals surface area contributed by atoms with Crippen molar-refractivity contribution >= 4 is 5.78 Å². The maximum absolute atomic E-state index is 12.9. The molecule has 0 saturated heterocycles. The summed E-state index contributed by atoms with van der Waals surface area (Å²) in [5.74, 6) is -1.37. The lowest BCUT2D eigenvalue weighted by molar-refractivity contribution is -0.112. The number of hydrogen-bond donors (Lipinski definition) is 1. The number of carbonyl (C=O) groups is 1. The van der Waals surface area contributed by atoms with Crippen LogP contribution in [0.3, 0.4) is 0 Å². The van der Waals surface area contributed by atoms with Crippen LogP contribution < -0.4 is 0 Å². The van der Waals surface area contributed by atoms with E-state index in [0.29, 0.717) is 0 Å². The van der Waals surface area contributed by atoms with Crippen molar-refractivity contribution in [1.29, 1.82) is 0 Å². The second-order valence-electron chi connectivity index (χ2n) is 2.31. The molecule has 0 aliphatic heterocycles. The third kappa shape index (κ3) is 3.14. The Hall–Kier alpha value is -1.38. The Morgan fingerprint density at radius 2 is 2.00 bits per heavy atom. The first kappa shape index (κ1) is 10.6. The molecule has 0 heterocycles. The predicted octanol–water partition coefficient (Wildman–Crippen LogP) is 2.45. The van der Waals surface area contributed by atoms with Gasteiger partial charge in [0.2, 0.25) is 0 Å². The summed E-state index contributed by atoms with van der Waals surface area (Å²) in [6.45, 7) is 5.85. The van der Waals surface area contributed by atoms with Gasteiger partial charge in [0.15, 0.2) is 5.78 Å². The minimum absolute atomic E-state index is 0.0507. The van der Waals surface area contributed by atoms with Crippen molar-refractivity contribution in [2.45, 2.75) is 13.8 Å². The lowest BCUT2D eigenvalue weighted by Gasteiger charge is -1.98. The molecule has 0 aliphatic carbocycles. The van der Waals surface area contributed by atoms with Gasteiger partial charge in [0.25, 0.3) is 0 Å². The molecule has 0 aromatic rings. The molecule has 2 nitrogen and oxygen atoms in total. The van der Waals surface area contributed by atoms with Gasteiger partial charge in [0, 0.05) is 11.6 Å². The molecule has 0 rings (SSSR count). The lowest BCUT2D eigenvalue weighted by atomic mass is 10.2. The highest BCUT2D eigenvalue weighted by molar-refractivity contribution is 5.88. The van der Waals surface area contributed by atoms with Crippen molar-refractivity contribution in [3.05, 3.63) is 35.9 Å². The molecular weight excluding hydrogens is 159 g/mol. The molecule has 0 saturated carbocycles. The molecule has 0 atom stereocenters. The second-order valence-corrected chi connectivity index (χ2v) is 2.31. The van der Waals surface area contributed by atoms with E-state index in [4.69, 9.17) is 5.11 Å². The van der Waals surface area contributed by atoms with Gasteiger partial charge in [0.05, 0.1) is 5.76 Å². The summed E-state index contributed by atoms with van der Waals surface area (Å²) in [6, 6.07) is 0. The summed E-state index contributed by atoms with van der Waals surface area (Å²) in [5, 5.41) is 8.91. The van der Waals surface area contributed by atoms with Gasteiger partial charge in [-0.3, -0.25) is 4.79 Å². The van der Waals surface area contributed by atoms with Gasteiger partial charge < -0.3 is 5.11 Å². The van der Waals surface area contributed by atoms with Crippen LogP contribution in [0, 0.1) is 0 Å². The van der Waals surface area contributed by atoms with Crippen LogP contribution in [-0.4, -0.2) is 10.9 Å². The van der Waals surface area contributed by atoms with Gasteiger partial charge in [-0.25, -0.2) is 4.39 Å². The number of rotatable bonds is 3. The van der Waals surface area contributed by atoms with Crippen molar-refractivity contribution < 1.29 is 14.3 Å². The van der Waals surface area contributed by atoms with Crippen molar-refractivity contribution in [3.8, 4) is 0 Å². The van der Waals surface area contributed by atoms with Crippen LogP contribution in [0.2, 0.25) is 0 Å². The van der Waals surface area contributed by atoms with E-state index in [0.717, 1.165) is 12.2 Å². The Morgan fingerprint density at radius 1 is 1.50 bits per heavy atom. The van der Waals surface area contributed by atoms with Crippen LogP contribution in [0.1, 0.15) is 13.8 Å². The van der Waals surface area contributed by atoms with Crippen LogP contribution in [0.4, 0.5) is 4.39 Å². The third-order valence-corrected chi connectivity index (χ3v) is 1.18. The zero-order chi connectivity index (χ0) is 9.72. The summed E-state index contributed by atoms with van der Waals surface area (Å²) < 4.78 is 12.9. The monoisotopic (exact) mass is 170 g/mol. The molecular formula is C9H11FO2. The van der Waals surface area contributed by atoms with Crippen molar-refractivity contribution in [1.82, 2.24) is 0 Å². The van der Waals surface area contributed by atoms with E-state index in [9.17, 15) is 9.18 Å². The lowest BCUT2D eigenvalue weighted by Crippen LogP contribution is -1.89. The summed E-state index contributed by atoms with van der Waals surface area (Å²) in [4.78, 5) is 10.4. The SMILES string of the molecule is C=CC(C(F)=CC(C)=O)=C(C)O. The number of allylic oxidation sites excluding steroid dienone is 5. The highest BCUT2D eigenvalue weighted by Crippen LogP contribution is 2.15. The van der Waals surface area contributed by atoms with E-state index < -0.39 is 11.6 Å².